The van der Waals surface area contributed by atoms with Crippen LogP contribution in [0.1, 0.15) is 19.8 Å². The normalized spacial score (nSPS) is 10.2. The minimum atomic E-state index is -0.00896. The Hall–Kier alpha value is -1.42. The Bertz CT molecular complexity index is 409. The van der Waals surface area contributed by atoms with Gasteiger partial charge in [-0.1, -0.05) is 24.9 Å². The zero-order chi connectivity index (χ0) is 13.5. The van der Waals surface area contributed by atoms with E-state index in [0.29, 0.717) is 17.3 Å². The summed E-state index contributed by atoms with van der Waals surface area (Å²) in [5, 5.41) is 3.47. The van der Waals surface area contributed by atoms with Crippen LogP contribution < -0.4 is 16.0 Å². The van der Waals surface area contributed by atoms with E-state index in [0.717, 1.165) is 18.5 Å². The molecule has 1 amide bonds. The number of unbranched alkanes of at least 4 members (excludes halogenated alkanes) is 1. The number of carbonyl (C=O) groups excluding carboxylic acids is 1. The highest BCUT2D eigenvalue weighted by molar-refractivity contribution is 6.31. The first-order valence-electron chi connectivity index (χ1n) is 6.07. The highest BCUT2D eigenvalue weighted by Crippen LogP contribution is 2.25. The van der Waals surface area contributed by atoms with Gasteiger partial charge in [-0.2, -0.15) is 0 Å². The first kappa shape index (κ1) is 14.6. The number of anilines is 2. The van der Waals surface area contributed by atoms with Crippen molar-refractivity contribution in [2.75, 3.05) is 30.8 Å². The Balaban J connectivity index is 2.56. The van der Waals surface area contributed by atoms with Gasteiger partial charge in [0.05, 0.1) is 17.9 Å². The summed E-state index contributed by atoms with van der Waals surface area (Å²) in [5.41, 5.74) is 7.24. The molecule has 100 valence electrons. The minimum absolute atomic E-state index is 0.00896. The van der Waals surface area contributed by atoms with Crippen molar-refractivity contribution in [3.8, 4) is 0 Å². The molecule has 0 aliphatic heterocycles. The number of halogens is 1. The van der Waals surface area contributed by atoms with Crippen molar-refractivity contribution in [3.63, 3.8) is 0 Å². The van der Waals surface area contributed by atoms with Crippen LogP contribution in [0.15, 0.2) is 18.2 Å². The van der Waals surface area contributed by atoms with E-state index in [1.165, 1.54) is 0 Å². The first-order valence-corrected chi connectivity index (χ1v) is 6.45. The summed E-state index contributed by atoms with van der Waals surface area (Å²) < 4.78 is 0. The van der Waals surface area contributed by atoms with Crippen LogP contribution >= 0.6 is 11.6 Å². The molecule has 0 saturated carbocycles. The number of nitrogens with zero attached hydrogens (tertiary/aromatic N) is 1. The Morgan fingerprint density at radius 2 is 2.22 bits per heavy atom. The molecule has 18 heavy (non-hydrogen) atoms. The van der Waals surface area contributed by atoms with Gasteiger partial charge in [-0.3, -0.25) is 4.79 Å². The fraction of sp³-hybridized carbons (Fsp3) is 0.462. The fourth-order valence-corrected chi connectivity index (χ4v) is 1.77. The quantitative estimate of drug-likeness (QED) is 0.615. The molecule has 1 aromatic rings. The molecule has 0 aliphatic rings. The number of hydrogen-bond acceptors (Lipinski definition) is 3. The predicted octanol–water partition coefficient (Wildman–Crippen LogP) is 2.27. The van der Waals surface area contributed by atoms with E-state index in [-0.39, 0.29) is 12.5 Å². The Morgan fingerprint density at radius 1 is 1.50 bits per heavy atom. The monoisotopic (exact) mass is 269 g/mol. The lowest BCUT2D eigenvalue weighted by Crippen LogP contribution is -2.35. The lowest BCUT2D eigenvalue weighted by Gasteiger charge is -2.20. The number of rotatable bonds is 6. The molecule has 0 atom stereocenters. The summed E-state index contributed by atoms with van der Waals surface area (Å²) in [7, 11) is 1.82. The average Bonchev–Trinajstić information content (AvgIpc) is 2.32. The van der Waals surface area contributed by atoms with Crippen LogP contribution in [0.2, 0.25) is 5.02 Å². The van der Waals surface area contributed by atoms with Gasteiger partial charge in [-0.15, -0.1) is 0 Å². The number of nitrogen functional groups attached to an aromatic ring is 1. The lowest BCUT2D eigenvalue weighted by atomic mass is 10.2. The maximum Gasteiger partial charge on any atom is 0.239 e. The zero-order valence-electron chi connectivity index (χ0n) is 10.9. The van der Waals surface area contributed by atoms with Gasteiger partial charge >= 0.3 is 0 Å². The molecule has 0 bridgehead atoms. The maximum absolute atomic E-state index is 11.7. The number of benzene rings is 1. The molecule has 4 nitrogen and oxygen atoms in total. The largest absolute Gasteiger partial charge is 0.397 e. The topological polar surface area (TPSA) is 58.4 Å². The second-order valence-corrected chi connectivity index (χ2v) is 4.70. The average molecular weight is 270 g/mol. The third kappa shape index (κ3) is 4.45. The molecular weight excluding hydrogens is 250 g/mol. The summed E-state index contributed by atoms with van der Waals surface area (Å²) in [5.74, 6) is -0.00896. The van der Waals surface area contributed by atoms with Gasteiger partial charge in [0.25, 0.3) is 0 Å². The Kier molecular flexibility index (Phi) is 5.78. The minimum Gasteiger partial charge on any atom is -0.397 e. The van der Waals surface area contributed by atoms with Crippen molar-refractivity contribution in [2.24, 2.45) is 0 Å². The SMILES string of the molecule is CCCCNC(=O)CN(C)c1cc(Cl)ccc1N. The van der Waals surface area contributed by atoms with Crippen LogP contribution in [0, 0.1) is 0 Å². The van der Waals surface area contributed by atoms with Crippen molar-refractivity contribution in [1.82, 2.24) is 5.32 Å². The number of nitrogens with one attached hydrogen (secondary N) is 1. The van der Waals surface area contributed by atoms with Crippen LogP contribution in [-0.4, -0.2) is 26.0 Å². The van der Waals surface area contributed by atoms with Crippen molar-refractivity contribution in [2.45, 2.75) is 19.8 Å². The molecule has 0 aliphatic carbocycles. The van der Waals surface area contributed by atoms with Gasteiger partial charge < -0.3 is 16.0 Å². The van der Waals surface area contributed by atoms with E-state index in [1.54, 1.807) is 23.1 Å². The molecule has 0 unspecified atom stereocenters. The number of likely N-dealkylation sites (N-methyl/N-ethyl adjacent to an activating group) is 1. The summed E-state index contributed by atoms with van der Waals surface area (Å²) >= 11 is 5.92. The number of hydrogen-bond donors (Lipinski definition) is 2. The summed E-state index contributed by atoms with van der Waals surface area (Å²) in [6.07, 6.45) is 2.06. The van der Waals surface area contributed by atoms with Crippen LogP contribution in [0.3, 0.4) is 0 Å². The van der Waals surface area contributed by atoms with Crippen molar-refractivity contribution in [3.05, 3.63) is 23.2 Å². The Morgan fingerprint density at radius 3 is 2.89 bits per heavy atom. The van der Waals surface area contributed by atoms with Gasteiger partial charge in [-0.25, -0.2) is 0 Å². The second-order valence-electron chi connectivity index (χ2n) is 4.26. The van der Waals surface area contributed by atoms with Crippen LogP contribution in [0.5, 0.6) is 0 Å². The molecular formula is C13H20ClN3O. The summed E-state index contributed by atoms with van der Waals surface area (Å²) in [6, 6.07) is 5.23. The number of nitrogens with two attached hydrogens (primary N) is 1. The highest BCUT2D eigenvalue weighted by Gasteiger charge is 2.10. The van der Waals surface area contributed by atoms with Crippen LogP contribution in [-0.2, 0) is 4.79 Å². The van der Waals surface area contributed by atoms with E-state index in [1.807, 2.05) is 7.05 Å². The van der Waals surface area contributed by atoms with E-state index >= 15 is 0 Å². The smallest absolute Gasteiger partial charge is 0.239 e. The molecule has 1 rings (SSSR count). The molecule has 0 spiro atoms. The molecule has 0 heterocycles. The maximum atomic E-state index is 11.7. The second kappa shape index (κ2) is 7.11. The molecule has 0 fully saturated rings. The van der Waals surface area contributed by atoms with E-state index in [9.17, 15) is 4.79 Å². The van der Waals surface area contributed by atoms with Crippen molar-refractivity contribution in [1.29, 1.82) is 0 Å². The summed E-state index contributed by atoms with van der Waals surface area (Å²) in [4.78, 5) is 13.5. The molecule has 0 aromatic heterocycles. The molecule has 0 saturated heterocycles. The van der Waals surface area contributed by atoms with Gasteiger partial charge in [0.1, 0.15) is 0 Å². The van der Waals surface area contributed by atoms with Gasteiger partial charge in [0.2, 0.25) is 5.91 Å². The van der Waals surface area contributed by atoms with E-state index < -0.39 is 0 Å². The van der Waals surface area contributed by atoms with Crippen LogP contribution in [0.4, 0.5) is 11.4 Å². The van der Waals surface area contributed by atoms with E-state index in [4.69, 9.17) is 17.3 Å². The number of amides is 1. The fourth-order valence-electron chi connectivity index (χ4n) is 1.61. The highest BCUT2D eigenvalue weighted by atomic mass is 35.5. The zero-order valence-corrected chi connectivity index (χ0v) is 11.6. The van der Waals surface area contributed by atoms with Crippen LogP contribution in [0.25, 0.3) is 0 Å². The van der Waals surface area contributed by atoms with Crippen molar-refractivity contribution < 1.29 is 4.79 Å². The third-order valence-corrected chi connectivity index (χ3v) is 2.87. The van der Waals surface area contributed by atoms with Gasteiger partial charge in [0, 0.05) is 18.6 Å². The number of carbonyl (C=O) groups is 1. The Labute approximate surface area is 113 Å². The van der Waals surface area contributed by atoms with Gasteiger partial charge in [-0.05, 0) is 24.6 Å². The predicted molar refractivity (Wildman–Crippen MR) is 77.1 cm³/mol. The summed E-state index contributed by atoms with van der Waals surface area (Å²) in [6.45, 7) is 3.08. The molecule has 0 radical (unpaired) electrons. The first-order chi connectivity index (χ1) is 8.54. The molecule has 5 heteroatoms. The lowest BCUT2D eigenvalue weighted by molar-refractivity contribution is -0.119. The van der Waals surface area contributed by atoms with Crippen molar-refractivity contribution >= 4 is 28.9 Å². The molecule has 1 aromatic carbocycles. The molecule has 3 N–H and O–H groups in total. The third-order valence-electron chi connectivity index (χ3n) is 2.64. The standard InChI is InChI=1S/C13H20ClN3O/c1-3-4-7-16-13(18)9-17(2)12-8-10(14)5-6-11(12)15/h5-6,8H,3-4,7,9,15H2,1-2H3,(H,16,18). The van der Waals surface area contributed by atoms with E-state index in [2.05, 4.69) is 12.2 Å². The van der Waals surface area contributed by atoms with Gasteiger partial charge in [0.15, 0.2) is 0 Å².